The van der Waals surface area contributed by atoms with Crippen molar-refractivity contribution in [2.24, 2.45) is 0 Å². The van der Waals surface area contributed by atoms with Crippen molar-refractivity contribution in [1.82, 2.24) is 9.97 Å². The van der Waals surface area contributed by atoms with Gasteiger partial charge in [-0.2, -0.15) is 0 Å². The number of aryl methyl sites for hydroxylation is 1. The number of carbonyl (C=O) groups excluding carboxylic acids is 1. The van der Waals surface area contributed by atoms with Gasteiger partial charge < -0.3 is 9.47 Å². The molecule has 0 saturated heterocycles. The second-order valence-electron chi connectivity index (χ2n) is 4.86. The molecular formula is C16H15N3O3S2. The van der Waals surface area contributed by atoms with Crippen molar-refractivity contribution in [3.05, 3.63) is 40.3 Å². The molecule has 0 spiro atoms. The number of aromatic nitrogens is 2. The molecule has 0 saturated carbocycles. The van der Waals surface area contributed by atoms with Crippen molar-refractivity contribution in [2.75, 3.05) is 19.5 Å². The fourth-order valence-corrected chi connectivity index (χ4v) is 3.53. The third-order valence-electron chi connectivity index (χ3n) is 3.21. The highest BCUT2D eigenvalue weighted by atomic mass is 32.1. The Morgan fingerprint density at radius 1 is 1.08 bits per heavy atom. The van der Waals surface area contributed by atoms with Crippen LogP contribution in [0.1, 0.15) is 16.2 Å². The molecule has 0 atom stereocenters. The molecule has 3 aromatic rings. The number of carbonyl (C=O) groups is 1. The Morgan fingerprint density at radius 3 is 2.54 bits per heavy atom. The molecule has 1 aromatic carbocycles. The van der Waals surface area contributed by atoms with E-state index in [2.05, 4.69) is 15.3 Å². The zero-order valence-corrected chi connectivity index (χ0v) is 15.0. The Morgan fingerprint density at radius 2 is 1.88 bits per heavy atom. The van der Waals surface area contributed by atoms with Gasteiger partial charge in [0.1, 0.15) is 10.7 Å². The zero-order valence-electron chi connectivity index (χ0n) is 13.3. The van der Waals surface area contributed by atoms with Gasteiger partial charge in [-0.3, -0.25) is 10.1 Å². The van der Waals surface area contributed by atoms with E-state index in [1.807, 2.05) is 30.5 Å². The van der Waals surface area contributed by atoms with Crippen LogP contribution in [0, 0.1) is 6.92 Å². The molecule has 24 heavy (non-hydrogen) atoms. The number of anilines is 1. The summed E-state index contributed by atoms with van der Waals surface area (Å²) in [5, 5.41) is 7.66. The van der Waals surface area contributed by atoms with E-state index < -0.39 is 0 Å². The fourth-order valence-electron chi connectivity index (χ4n) is 2.05. The second kappa shape index (κ2) is 6.98. The fraction of sp³-hybridized carbons (Fsp3) is 0.188. The van der Waals surface area contributed by atoms with Gasteiger partial charge in [0, 0.05) is 16.3 Å². The van der Waals surface area contributed by atoms with Gasteiger partial charge in [-0.1, -0.05) is 0 Å². The van der Waals surface area contributed by atoms with Crippen LogP contribution in [0.3, 0.4) is 0 Å². The maximum Gasteiger partial charge on any atom is 0.276 e. The van der Waals surface area contributed by atoms with E-state index in [9.17, 15) is 4.79 Å². The summed E-state index contributed by atoms with van der Waals surface area (Å²) in [4.78, 5) is 20.9. The van der Waals surface area contributed by atoms with Crippen molar-refractivity contribution in [1.29, 1.82) is 0 Å². The SMILES string of the molecule is COc1ccc(-c2nc(C(=O)Nc3nc(C)cs3)cs2)cc1OC. The Bertz CT molecular complexity index is 873. The molecule has 2 aromatic heterocycles. The van der Waals surface area contributed by atoms with E-state index >= 15 is 0 Å². The lowest BCUT2D eigenvalue weighted by atomic mass is 10.2. The summed E-state index contributed by atoms with van der Waals surface area (Å²) in [5.74, 6) is 0.997. The lowest BCUT2D eigenvalue weighted by molar-refractivity contribution is 0.102. The molecule has 124 valence electrons. The summed E-state index contributed by atoms with van der Waals surface area (Å²) < 4.78 is 10.5. The van der Waals surface area contributed by atoms with Crippen molar-refractivity contribution in [3.8, 4) is 22.1 Å². The van der Waals surface area contributed by atoms with Gasteiger partial charge in [-0.15, -0.1) is 22.7 Å². The quantitative estimate of drug-likeness (QED) is 0.747. The van der Waals surface area contributed by atoms with Gasteiger partial charge in [0.25, 0.3) is 5.91 Å². The number of thiazole rings is 2. The van der Waals surface area contributed by atoms with Crippen LogP contribution in [0.4, 0.5) is 5.13 Å². The van der Waals surface area contributed by atoms with Crippen molar-refractivity contribution < 1.29 is 14.3 Å². The summed E-state index contributed by atoms with van der Waals surface area (Å²) in [5.41, 5.74) is 2.10. The van der Waals surface area contributed by atoms with Crippen LogP contribution in [0.15, 0.2) is 29.0 Å². The molecule has 8 heteroatoms. The van der Waals surface area contributed by atoms with Gasteiger partial charge in [-0.05, 0) is 25.1 Å². The van der Waals surface area contributed by atoms with Gasteiger partial charge >= 0.3 is 0 Å². The molecule has 0 radical (unpaired) electrons. The number of amides is 1. The van der Waals surface area contributed by atoms with E-state index in [4.69, 9.17) is 9.47 Å². The number of hydrogen-bond acceptors (Lipinski definition) is 7. The maximum absolute atomic E-state index is 12.2. The highest BCUT2D eigenvalue weighted by molar-refractivity contribution is 7.14. The molecule has 1 N–H and O–H groups in total. The molecule has 2 heterocycles. The van der Waals surface area contributed by atoms with Gasteiger partial charge in [-0.25, -0.2) is 9.97 Å². The summed E-state index contributed by atoms with van der Waals surface area (Å²) in [7, 11) is 3.17. The maximum atomic E-state index is 12.2. The predicted octanol–water partition coefficient (Wildman–Crippen LogP) is 3.84. The average Bonchev–Trinajstić information content (AvgIpc) is 3.23. The number of ether oxygens (including phenoxy) is 2. The Balaban J connectivity index is 1.81. The van der Waals surface area contributed by atoms with E-state index in [1.165, 1.54) is 22.7 Å². The molecule has 1 amide bonds. The van der Waals surface area contributed by atoms with Crippen LogP contribution in [-0.4, -0.2) is 30.1 Å². The molecule has 0 aliphatic rings. The number of rotatable bonds is 5. The first kappa shape index (κ1) is 16.4. The molecule has 0 unspecified atom stereocenters. The minimum Gasteiger partial charge on any atom is -0.493 e. The number of benzene rings is 1. The molecule has 6 nitrogen and oxygen atoms in total. The summed E-state index contributed by atoms with van der Waals surface area (Å²) in [6.45, 7) is 1.88. The summed E-state index contributed by atoms with van der Waals surface area (Å²) in [6, 6.07) is 5.53. The third-order valence-corrected chi connectivity index (χ3v) is 4.97. The van der Waals surface area contributed by atoms with Crippen LogP contribution in [0.25, 0.3) is 10.6 Å². The predicted molar refractivity (Wildman–Crippen MR) is 95.5 cm³/mol. The second-order valence-corrected chi connectivity index (χ2v) is 6.57. The van der Waals surface area contributed by atoms with Gasteiger partial charge in [0.15, 0.2) is 16.6 Å². The Labute approximate surface area is 147 Å². The Kier molecular flexibility index (Phi) is 4.77. The molecule has 0 bridgehead atoms. The number of nitrogens with zero attached hydrogens (tertiary/aromatic N) is 2. The minimum atomic E-state index is -0.271. The van der Waals surface area contributed by atoms with Gasteiger partial charge in [0.2, 0.25) is 0 Å². The standard InChI is InChI=1S/C16H15N3O3S2/c1-9-7-24-16(17-9)19-14(20)11-8-23-15(18-11)10-4-5-12(21-2)13(6-10)22-3/h4-8H,1-3H3,(H,17,19,20). The average molecular weight is 361 g/mol. The van der Waals surface area contributed by atoms with E-state index in [1.54, 1.807) is 19.6 Å². The van der Waals surface area contributed by atoms with Crippen molar-refractivity contribution in [3.63, 3.8) is 0 Å². The van der Waals surface area contributed by atoms with Crippen LogP contribution < -0.4 is 14.8 Å². The molecular weight excluding hydrogens is 346 g/mol. The van der Waals surface area contributed by atoms with Crippen LogP contribution in [0.5, 0.6) is 11.5 Å². The Hall–Kier alpha value is -2.45. The van der Waals surface area contributed by atoms with Crippen LogP contribution >= 0.6 is 22.7 Å². The first-order valence-electron chi connectivity index (χ1n) is 7.02. The summed E-state index contributed by atoms with van der Waals surface area (Å²) in [6.07, 6.45) is 0. The largest absolute Gasteiger partial charge is 0.493 e. The summed E-state index contributed by atoms with van der Waals surface area (Å²) >= 11 is 2.78. The number of hydrogen-bond donors (Lipinski definition) is 1. The normalized spacial score (nSPS) is 10.5. The van der Waals surface area contributed by atoms with Crippen molar-refractivity contribution >= 4 is 33.7 Å². The first-order chi connectivity index (χ1) is 11.6. The van der Waals surface area contributed by atoms with Crippen LogP contribution in [0.2, 0.25) is 0 Å². The first-order valence-corrected chi connectivity index (χ1v) is 8.78. The van der Waals surface area contributed by atoms with E-state index in [-0.39, 0.29) is 5.91 Å². The number of methoxy groups -OCH3 is 2. The van der Waals surface area contributed by atoms with Crippen LogP contribution in [-0.2, 0) is 0 Å². The minimum absolute atomic E-state index is 0.271. The molecule has 0 aliphatic carbocycles. The van der Waals surface area contributed by atoms with Gasteiger partial charge in [0.05, 0.1) is 19.9 Å². The molecule has 0 aliphatic heterocycles. The topological polar surface area (TPSA) is 73.3 Å². The van der Waals surface area contributed by atoms with Crippen molar-refractivity contribution in [2.45, 2.75) is 6.92 Å². The lowest BCUT2D eigenvalue weighted by Crippen LogP contribution is -2.12. The monoisotopic (exact) mass is 361 g/mol. The lowest BCUT2D eigenvalue weighted by Gasteiger charge is -2.08. The molecule has 3 rings (SSSR count). The highest BCUT2D eigenvalue weighted by Gasteiger charge is 2.15. The zero-order chi connectivity index (χ0) is 17.1. The highest BCUT2D eigenvalue weighted by Crippen LogP contribution is 2.33. The third kappa shape index (κ3) is 3.39. The number of nitrogens with one attached hydrogen (secondary N) is 1. The molecule has 0 fully saturated rings. The smallest absolute Gasteiger partial charge is 0.276 e. The van der Waals surface area contributed by atoms with E-state index in [0.29, 0.717) is 22.3 Å². The van der Waals surface area contributed by atoms with E-state index in [0.717, 1.165) is 16.3 Å².